The van der Waals surface area contributed by atoms with Gasteiger partial charge in [0, 0.05) is 57.1 Å². The Morgan fingerprint density at radius 3 is 1.29 bits per heavy atom. The first-order chi connectivity index (χ1) is 17.9. The Morgan fingerprint density at radius 1 is 0.605 bits per heavy atom. The Balaban J connectivity index is 1.66. The molecule has 38 heavy (non-hydrogen) atoms. The quantitative estimate of drug-likeness (QED) is 0.507. The SMILES string of the molecule is CC1=CC(=O)C2=C(C)[C@H]([C@@H]3C(C)=C4C(=O)C=C(C)[C@@H]4[C@@H](O)C4=C(C)C(=O)O[C@H]43)[C@H]3OC(=O)C(C)=C3[C@@H](O)[C@H]12. The van der Waals surface area contributed by atoms with Crippen molar-refractivity contribution in [3.63, 3.8) is 0 Å². The van der Waals surface area contributed by atoms with E-state index in [0.717, 1.165) is 0 Å². The molecule has 8 atom stereocenters. The number of aliphatic hydroxyl groups is 2. The molecule has 2 aliphatic heterocycles. The number of hydrogen-bond acceptors (Lipinski definition) is 8. The highest BCUT2D eigenvalue weighted by Gasteiger charge is 2.58. The number of esters is 2. The van der Waals surface area contributed by atoms with E-state index in [9.17, 15) is 29.4 Å². The minimum Gasteiger partial charge on any atom is -0.454 e. The zero-order chi connectivity index (χ0) is 27.5. The Labute approximate surface area is 220 Å². The van der Waals surface area contributed by atoms with Crippen molar-refractivity contribution < 1.29 is 38.9 Å². The van der Waals surface area contributed by atoms with Gasteiger partial charge in [-0.1, -0.05) is 22.3 Å². The predicted octanol–water partition coefficient (Wildman–Crippen LogP) is 2.38. The Kier molecular flexibility index (Phi) is 5.30. The van der Waals surface area contributed by atoms with Crippen LogP contribution in [-0.2, 0) is 28.7 Å². The van der Waals surface area contributed by atoms with Crippen molar-refractivity contribution in [2.75, 3.05) is 0 Å². The van der Waals surface area contributed by atoms with Crippen LogP contribution in [0.4, 0.5) is 0 Å². The number of ether oxygens (including phenoxy) is 2. The molecule has 198 valence electrons. The van der Waals surface area contributed by atoms with Gasteiger partial charge in [0.25, 0.3) is 0 Å². The molecule has 0 spiro atoms. The lowest BCUT2D eigenvalue weighted by atomic mass is 9.71. The van der Waals surface area contributed by atoms with Crippen LogP contribution in [0.5, 0.6) is 0 Å². The molecule has 0 unspecified atom stereocenters. The van der Waals surface area contributed by atoms with Crippen LogP contribution >= 0.6 is 0 Å². The number of allylic oxidation sites excluding steroid dienone is 2. The van der Waals surface area contributed by atoms with Crippen LogP contribution in [0.1, 0.15) is 41.5 Å². The number of carbonyl (C=O) groups is 4. The lowest BCUT2D eigenvalue weighted by Crippen LogP contribution is -2.41. The van der Waals surface area contributed by atoms with E-state index >= 15 is 0 Å². The van der Waals surface area contributed by atoms with Crippen molar-refractivity contribution in [2.24, 2.45) is 23.7 Å². The fraction of sp³-hybridized carbons (Fsp3) is 0.467. The second kappa shape index (κ2) is 8.07. The molecule has 0 radical (unpaired) electrons. The molecule has 8 nitrogen and oxygen atoms in total. The van der Waals surface area contributed by atoms with Gasteiger partial charge in [0.05, 0.1) is 12.2 Å². The first-order valence-electron chi connectivity index (χ1n) is 12.9. The molecule has 0 bridgehead atoms. The van der Waals surface area contributed by atoms with Crippen molar-refractivity contribution >= 4 is 23.5 Å². The molecular formula is C30H30O8. The van der Waals surface area contributed by atoms with Crippen molar-refractivity contribution in [3.8, 4) is 0 Å². The van der Waals surface area contributed by atoms with Gasteiger partial charge in [0.15, 0.2) is 11.6 Å². The summed E-state index contributed by atoms with van der Waals surface area (Å²) in [6, 6.07) is 0. The molecule has 0 saturated carbocycles. The van der Waals surface area contributed by atoms with Crippen LogP contribution in [-0.4, -0.2) is 58.1 Å². The summed E-state index contributed by atoms with van der Waals surface area (Å²) >= 11 is 0. The molecule has 6 rings (SSSR count). The van der Waals surface area contributed by atoms with Gasteiger partial charge in [-0.2, -0.15) is 0 Å². The van der Waals surface area contributed by atoms with E-state index < -0.39 is 60.0 Å². The molecule has 8 heteroatoms. The summed E-state index contributed by atoms with van der Waals surface area (Å²) in [5, 5.41) is 23.2. The molecule has 0 fully saturated rings. The summed E-state index contributed by atoms with van der Waals surface area (Å²) in [6.45, 7) is 10.3. The lowest BCUT2D eigenvalue weighted by Gasteiger charge is -2.37. The highest BCUT2D eigenvalue weighted by Crippen LogP contribution is 2.55. The van der Waals surface area contributed by atoms with Gasteiger partial charge < -0.3 is 19.7 Å². The number of hydrogen-bond donors (Lipinski definition) is 2. The first kappa shape index (κ1) is 24.9. The van der Waals surface area contributed by atoms with Crippen molar-refractivity contribution in [2.45, 2.75) is 66.0 Å². The highest BCUT2D eigenvalue weighted by molar-refractivity contribution is 6.10. The fourth-order valence-electron chi connectivity index (χ4n) is 7.80. The lowest BCUT2D eigenvalue weighted by molar-refractivity contribution is -0.146. The number of carbonyl (C=O) groups excluding carboxylic acids is 4. The van der Waals surface area contributed by atoms with Crippen molar-refractivity contribution in [3.05, 3.63) is 67.9 Å². The summed E-state index contributed by atoms with van der Waals surface area (Å²) in [5.74, 6) is -4.28. The van der Waals surface area contributed by atoms with E-state index in [1.54, 1.807) is 41.5 Å². The van der Waals surface area contributed by atoms with E-state index in [1.807, 2.05) is 0 Å². The first-order valence-corrected chi connectivity index (χ1v) is 12.9. The standard InChI is InChI=1S/C30H30O8/c1-9-7-15(31)19-11(3)21(27-23(25(33)17(9)19)13(5)29(35)37-27)22-12(4)20-16(32)8-10(2)18(20)26(34)24-14(6)30(36)38-28(22)24/h7-8,17-18,21-22,25-28,33-34H,1-6H3/t17-,18+,21-,22+,25+,26-,27-,28+. The van der Waals surface area contributed by atoms with Gasteiger partial charge >= 0.3 is 11.9 Å². The molecule has 0 aromatic carbocycles. The van der Waals surface area contributed by atoms with Gasteiger partial charge in [0.1, 0.15) is 12.2 Å². The number of rotatable bonds is 1. The minimum absolute atomic E-state index is 0.222. The maximum absolute atomic E-state index is 13.3. The van der Waals surface area contributed by atoms with Crippen LogP contribution in [0.3, 0.4) is 0 Å². The summed E-state index contributed by atoms with van der Waals surface area (Å²) in [6.07, 6.45) is -1.15. The van der Waals surface area contributed by atoms with E-state index in [4.69, 9.17) is 9.47 Å². The Bertz CT molecular complexity index is 1350. The number of fused-ring (bicyclic) bond motifs is 4. The van der Waals surface area contributed by atoms with Gasteiger partial charge in [-0.15, -0.1) is 0 Å². The smallest absolute Gasteiger partial charge is 0.334 e. The van der Waals surface area contributed by atoms with E-state index in [1.165, 1.54) is 12.2 Å². The molecule has 2 N–H and O–H groups in total. The van der Waals surface area contributed by atoms with Crippen molar-refractivity contribution in [1.29, 1.82) is 0 Å². The third-order valence-corrected chi connectivity index (χ3v) is 9.57. The molecular weight excluding hydrogens is 488 g/mol. The molecule has 6 aliphatic rings. The third kappa shape index (κ3) is 2.98. The molecule has 0 aromatic heterocycles. The molecule has 0 amide bonds. The Hall–Kier alpha value is -3.36. The maximum Gasteiger partial charge on any atom is 0.334 e. The van der Waals surface area contributed by atoms with Crippen molar-refractivity contribution in [1.82, 2.24) is 0 Å². The maximum atomic E-state index is 13.3. The van der Waals surface area contributed by atoms with Crippen LogP contribution in [0, 0.1) is 23.7 Å². The zero-order valence-corrected chi connectivity index (χ0v) is 22.1. The van der Waals surface area contributed by atoms with Crippen LogP contribution in [0.25, 0.3) is 0 Å². The van der Waals surface area contributed by atoms with Crippen LogP contribution in [0.2, 0.25) is 0 Å². The van der Waals surface area contributed by atoms with Crippen LogP contribution < -0.4 is 0 Å². The second-order valence-electron chi connectivity index (χ2n) is 11.4. The molecule has 0 aromatic rings. The molecule has 4 aliphatic carbocycles. The van der Waals surface area contributed by atoms with Crippen LogP contribution in [0.15, 0.2) is 67.9 Å². The Morgan fingerprint density at radius 2 is 0.947 bits per heavy atom. The van der Waals surface area contributed by atoms with Gasteiger partial charge in [0.2, 0.25) is 0 Å². The summed E-state index contributed by atoms with van der Waals surface area (Å²) in [7, 11) is 0. The second-order valence-corrected chi connectivity index (χ2v) is 11.4. The normalized spacial score (nSPS) is 38.5. The topological polar surface area (TPSA) is 127 Å². The monoisotopic (exact) mass is 518 g/mol. The average Bonchev–Trinajstić information content (AvgIpc) is 3.47. The average molecular weight is 519 g/mol. The number of ketones is 2. The molecule has 2 heterocycles. The van der Waals surface area contributed by atoms with Gasteiger partial charge in [-0.25, -0.2) is 9.59 Å². The highest BCUT2D eigenvalue weighted by atomic mass is 16.6. The zero-order valence-electron chi connectivity index (χ0n) is 22.1. The summed E-state index contributed by atoms with van der Waals surface area (Å²) < 4.78 is 11.8. The largest absolute Gasteiger partial charge is 0.454 e. The van der Waals surface area contributed by atoms with E-state index in [0.29, 0.717) is 44.6 Å². The summed E-state index contributed by atoms with van der Waals surface area (Å²) in [4.78, 5) is 52.3. The summed E-state index contributed by atoms with van der Waals surface area (Å²) in [5.41, 5.74) is 4.86. The number of aliphatic hydroxyl groups excluding tert-OH is 2. The molecule has 0 saturated heterocycles. The van der Waals surface area contributed by atoms with Gasteiger partial charge in [-0.3, -0.25) is 9.59 Å². The minimum atomic E-state index is -1.15. The predicted molar refractivity (Wildman–Crippen MR) is 134 cm³/mol. The van der Waals surface area contributed by atoms with E-state index in [-0.39, 0.29) is 22.7 Å². The van der Waals surface area contributed by atoms with E-state index in [2.05, 4.69) is 0 Å². The van der Waals surface area contributed by atoms with Gasteiger partial charge in [-0.05, 0) is 53.7 Å². The third-order valence-electron chi connectivity index (χ3n) is 9.57. The fourth-order valence-corrected chi connectivity index (χ4v) is 7.80.